The molecule has 15 heavy (non-hydrogen) atoms. The van der Waals surface area contributed by atoms with Crippen LogP contribution in [0, 0.1) is 5.82 Å². The van der Waals surface area contributed by atoms with Gasteiger partial charge < -0.3 is 10.3 Å². The van der Waals surface area contributed by atoms with Crippen molar-refractivity contribution in [2.45, 2.75) is 19.4 Å². The summed E-state index contributed by atoms with van der Waals surface area (Å²) in [4.78, 5) is 3.30. The molecule has 0 fully saturated rings. The number of aromatic nitrogens is 1. The molecule has 2 N–H and O–H groups in total. The van der Waals surface area contributed by atoms with E-state index in [2.05, 4.69) is 17.2 Å². The summed E-state index contributed by atoms with van der Waals surface area (Å²) in [6.07, 6.45) is 0.903. The lowest BCUT2D eigenvalue weighted by Crippen LogP contribution is -2.27. The van der Waals surface area contributed by atoms with E-state index in [1.165, 1.54) is 6.07 Å². The quantitative estimate of drug-likeness (QED) is 0.678. The van der Waals surface area contributed by atoms with E-state index in [4.69, 9.17) is 0 Å². The predicted octanol–water partition coefficient (Wildman–Crippen LogP) is 2.51. The number of benzene rings is 1. The van der Waals surface area contributed by atoms with Crippen LogP contribution in [-0.2, 0) is 6.42 Å². The zero-order valence-electron chi connectivity index (χ0n) is 8.60. The van der Waals surface area contributed by atoms with Gasteiger partial charge in [-0.2, -0.15) is 0 Å². The highest BCUT2D eigenvalue weighted by Gasteiger charge is 2.21. The number of aromatic amines is 1. The summed E-state index contributed by atoms with van der Waals surface area (Å²) in [5, 5.41) is 4.14. The molecule has 2 heterocycles. The summed E-state index contributed by atoms with van der Waals surface area (Å²) in [7, 11) is 0. The molecule has 1 aliphatic rings. The van der Waals surface area contributed by atoms with Crippen molar-refractivity contribution < 1.29 is 4.39 Å². The van der Waals surface area contributed by atoms with Crippen LogP contribution < -0.4 is 5.32 Å². The van der Waals surface area contributed by atoms with Gasteiger partial charge in [-0.15, -0.1) is 0 Å². The number of fused-ring (bicyclic) bond motifs is 3. The first-order valence-corrected chi connectivity index (χ1v) is 5.29. The van der Waals surface area contributed by atoms with Crippen LogP contribution in [0.15, 0.2) is 18.2 Å². The standard InChI is InChI=1S/C12H13FN2/c1-7-12-8(5-6-14-7)11-9(13)3-2-4-10(11)15-12/h2-4,7,14-15H,5-6H2,1H3. The SMILES string of the molecule is CC1NCCc2c1[nH]c1cccc(F)c21. The Labute approximate surface area is 87.5 Å². The van der Waals surface area contributed by atoms with Gasteiger partial charge in [-0.3, -0.25) is 0 Å². The van der Waals surface area contributed by atoms with E-state index in [1.54, 1.807) is 6.07 Å². The second kappa shape index (κ2) is 3.07. The van der Waals surface area contributed by atoms with Gasteiger partial charge in [-0.25, -0.2) is 4.39 Å². The number of rotatable bonds is 0. The lowest BCUT2D eigenvalue weighted by Gasteiger charge is -2.20. The molecule has 0 amide bonds. The lowest BCUT2D eigenvalue weighted by molar-refractivity contribution is 0.532. The van der Waals surface area contributed by atoms with Crippen LogP contribution in [0.2, 0.25) is 0 Å². The average molecular weight is 204 g/mol. The van der Waals surface area contributed by atoms with Crippen molar-refractivity contribution >= 4 is 10.9 Å². The third kappa shape index (κ3) is 1.20. The van der Waals surface area contributed by atoms with Gasteiger partial charge in [0, 0.05) is 22.6 Å². The number of hydrogen-bond acceptors (Lipinski definition) is 1. The van der Waals surface area contributed by atoms with Crippen molar-refractivity contribution in [1.29, 1.82) is 0 Å². The monoisotopic (exact) mass is 204 g/mol. The summed E-state index contributed by atoms with van der Waals surface area (Å²) in [6.45, 7) is 3.03. The molecule has 1 unspecified atom stereocenters. The Bertz CT molecular complexity index is 516. The first-order chi connectivity index (χ1) is 7.27. The molecule has 0 bridgehead atoms. The van der Waals surface area contributed by atoms with Gasteiger partial charge in [0.2, 0.25) is 0 Å². The lowest BCUT2D eigenvalue weighted by atomic mass is 10.0. The predicted molar refractivity (Wildman–Crippen MR) is 58.4 cm³/mol. The number of halogens is 1. The highest BCUT2D eigenvalue weighted by Crippen LogP contribution is 2.31. The second-order valence-corrected chi connectivity index (χ2v) is 4.11. The zero-order chi connectivity index (χ0) is 10.4. The topological polar surface area (TPSA) is 27.8 Å². The third-order valence-corrected chi connectivity index (χ3v) is 3.17. The smallest absolute Gasteiger partial charge is 0.132 e. The maximum Gasteiger partial charge on any atom is 0.132 e. The molecule has 78 valence electrons. The largest absolute Gasteiger partial charge is 0.357 e. The Morgan fingerprint density at radius 1 is 1.40 bits per heavy atom. The summed E-state index contributed by atoms with van der Waals surface area (Å²) < 4.78 is 13.7. The van der Waals surface area contributed by atoms with Gasteiger partial charge >= 0.3 is 0 Å². The number of nitrogens with one attached hydrogen (secondary N) is 2. The fourth-order valence-corrected chi connectivity index (χ4v) is 2.44. The van der Waals surface area contributed by atoms with E-state index >= 15 is 0 Å². The van der Waals surface area contributed by atoms with Crippen molar-refractivity contribution in [2.75, 3.05) is 6.54 Å². The van der Waals surface area contributed by atoms with E-state index in [9.17, 15) is 4.39 Å². The van der Waals surface area contributed by atoms with Gasteiger partial charge in [0.25, 0.3) is 0 Å². The van der Waals surface area contributed by atoms with Gasteiger partial charge in [0.05, 0.1) is 0 Å². The summed E-state index contributed by atoms with van der Waals surface area (Å²) in [5.74, 6) is -0.112. The van der Waals surface area contributed by atoms with Gasteiger partial charge in [-0.1, -0.05) is 6.07 Å². The molecule has 1 atom stereocenters. The highest BCUT2D eigenvalue weighted by molar-refractivity contribution is 5.85. The van der Waals surface area contributed by atoms with Crippen LogP contribution in [0.4, 0.5) is 4.39 Å². The van der Waals surface area contributed by atoms with E-state index in [0.29, 0.717) is 6.04 Å². The van der Waals surface area contributed by atoms with Crippen LogP contribution in [0.5, 0.6) is 0 Å². The zero-order valence-corrected chi connectivity index (χ0v) is 8.60. The van der Waals surface area contributed by atoms with Crippen molar-refractivity contribution in [3.63, 3.8) is 0 Å². The van der Waals surface area contributed by atoms with Gasteiger partial charge in [0.1, 0.15) is 5.82 Å². The molecule has 1 aromatic carbocycles. The molecule has 2 nitrogen and oxygen atoms in total. The average Bonchev–Trinajstić information content (AvgIpc) is 2.59. The van der Waals surface area contributed by atoms with Crippen molar-refractivity contribution in [3.8, 4) is 0 Å². The Kier molecular flexibility index (Phi) is 1.83. The Hall–Kier alpha value is -1.35. The molecule has 2 aromatic rings. The minimum atomic E-state index is -0.112. The first kappa shape index (κ1) is 8.92. The minimum Gasteiger partial charge on any atom is -0.357 e. The van der Waals surface area contributed by atoms with Crippen LogP contribution >= 0.6 is 0 Å². The fraction of sp³-hybridized carbons (Fsp3) is 0.333. The molecule has 1 aromatic heterocycles. The van der Waals surface area contributed by atoms with Crippen LogP contribution in [0.25, 0.3) is 10.9 Å². The molecule has 3 heteroatoms. The summed E-state index contributed by atoms with van der Waals surface area (Å²) in [6, 6.07) is 5.50. The summed E-state index contributed by atoms with van der Waals surface area (Å²) >= 11 is 0. The van der Waals surface area contributed by atoms with Crippen molar-refractivity contribution in [2.24, 2.45) is 0 Å². The molecule has 0 spiro atoms. The van der Waals surface area contributed by atoms with Crippen LogP contribution in [0.1, 0.15) is 24.2 Å². The molecular weight excluding hydrogens is 191 g/mol. The fourth-order valence-electron chi connectivity index (χ4n) is 2.44. The molecule has 0 aliphatic carbocycles. The first-order valence-electron chi connectivity index (χ1n) is 5.29. The molecule has 0 saturated carbocycles. The maximum atomic E-state index is 13.7. The minimum absolute atomic E-state index is 0.112. The molecular formula is C12H13FN2. The maximum absolute atomic E-state index is 13.7. The van der Waals surface area contributed by atoms with Gasteiger partial charge in [0.15, 0.2) is 0 Å². The molecule has 3 rings (SSSR count). The number of H-pyrrole nitrogens is 1. The Morgan fingerprint density at radius 3 is 3.13 bits per heavy atom. The normalized spacial score (nSPS) is 20.5. The third-order valence-electron chi connectivity index (χ3n) is 3.17. The van der Waals surface area contributed by atoms with E-state index in [0.717, 1.165) is 35.1 Å². The van der Waals surface area contributed by atoms with E-state index < -0.39 is 0 Å². The Balaban J connectivity index is 2.36. The Morgan fingerprint density at radius 2 is 2.27 bits per heavy atom. The van der Waals surface area contributed by atoms with Gasteiger partial charge in [-0.05, 0) is 37.6 Å². The van der Waals surface area contributed by atoms with E-state index in [1.807, 2.05) is 6.07 Å². The second-order valence-electron chi connectivity index (χ2n) is 4.11. The molecule has 1 aliphatic heterocycles. The van der Waals surface area contributed by atoms with Crippen LogP contribution in [-0.4, -0.2) is 11.5 Å². The molecule has 0 radical (unpaired) electrons. The molecule has 0 saturated heterocycles. The van der Waals surface area contributed by atoms with E-state index in [-0.39, 0.29) is 5.82 Å². The van der Waals surface area contributed by atoms with Crippen molar-refractivity contribution in [1.82, 2.24) is 10.3 Å². The van der Waals surface area contributed by atoms with Crippen LogP contribution in [0.3, 0.4) is 0 Å². The van der Waals surface area contributed by atoms with Crippen molar-refractivity contribution in [3.05, 3.63) is 35.3 Å². The number of hydrogen-bond donors (Lipinski definition) is 2. The summed E-state index contributed by atoms with van der Waals surface area (Å²) in [5.41, 5.74) is 3.20. The highest BCUT2D eigenvalue weighted by atomic mass is 19.1.